The fourth-order valence-corrected chi connectivity index (χ4v) is 1.92. The van der Waals surface area contributed by atoms with Crippen molar-refractivity contribution in [3.05, 3.63) is 81.0 Å². The Hall–Kier alpha value is 1.52. The Morgan fingerprint density at radius 3 is 0.579 bits per heavy atom. The minimum Gasteiger partial charge on any atom is -0.0579 e. The Morgan fingerprint density at radius 2 is 0.474 bits per heavy atom. The average molecular weight is 412 g/mol. The molecule has 0 aromatic rings. The molecule has 2 saturated carbocycles. The number of rotatable bonds is 0. The molecule has 13 radical (unpaired) electrons. The second-order valence-electron chi connectivity index (χ2n) is 4.66. The molecule has 0 N–H and O–H groups in total. The van der Waals surface area contributed by atoms with Gasteiger partial charge in [-0.1, -0.05) is 34.6 Å². The molecule has 0 aliphatic heterocycles. The van der Waals surface area contributed by atoms with Gasteiger partial charge in [-0.15, -0.1) is 0 Å². The van der Waals surface area contributed by atoms with Gasteiger partial charge in [0.15, 0.2) is 0 Å². The zero-order valence-electron chi connectivity index (χ0n) is 12.4. The van der Waals surface area contributed by atoms with E-state index >= 15 is 0 Å². The summed E-state index contributed by atoms with van der Waals surface area (Å²) in [5.74, 6) is 7.34. The Bertz CT molecular complexity index is 145. The smallest absolute Gasteiger partial charge is 0 e. The maximum absolute atomic E-state index is 2.20. The summed E-state index contributed by atoms with van der Waals surface area (Å²) in [6.45, 7) is 11.0. The predicted molar refractivity (Wildman–Crippen MR) is 79.0 cm³/mol. The molecule has 0 amide bonds. The molecule has 2 aliphatic rings. The molecule has 0 nitrogen and oxygen atoms in total. The zero-order chi connectivity index (χ0) is 13.5. The van der Waals surface area contributed by atoms with E-state index in [1.54, 1.807) is 0 Å². The SMILES string of the molecule is C[C]1[C](C)[C](C)[C](C)[C]1C.[CH]1[CH][CH][CH][CH][CH][CH][CH]1.[Yb]. The minimum atomic E-state index is 0. The summed E-state index contributed by atoms with van der Waals surface area (Å²) >= 11 is 0. The third-order valence-corrected chi connectivity index (χ3v) is 3.70. The van der Waals surface area contributed by atoms with Gasteiger partial charge in [-0.2, -0.15) is 0 Å². The van der Waals surface area contributed by atoms with E-state index in [0.29, 0.717) is 0 Å². The largest absolute Gasteiger partial charge is 0.0579 e. The van der Waals surface area contributed by atoms with Crippen LogP contribution in [0.15, 0.2) is 0 Å². The zero-order valence-corrected chi connectivity index (χ0v) is 14.1. The monoisotopic (exact) mass is 413 g/mol. The molecule has 0 saturated heterocycles. The molecule has 0 atom stereocenters. The van der Waals surface area contributed by atoms with Crippen molar-refractivity contribution >= 4 is 0 Å². The van der Waals surface area contributed by atoms with E-state index in [1.165, 1.54) is 29.6 Å². The van der Waals surface area contributed by atoms with Crippen molar-refractivity contribution in [3.63, 3.8) is 0 Å². The molecule has 0 spiro atoms. The van der Waals surface area contributed by atoms with E-state index < -0.39 is 0 Å². The molecular formula is C18H23Yb. The van der Waals surface area contributed by atoms with Crippen LogP contribution in [0.5, 0.6) is 0 Å². The quantitative estimate of drug-likeness (QED) is 0.545. The third-order valence-electron chi connectivity index (χ3n) is 3.70. The Balaban J connectivity index is 0.000000331. The van der Waals surface area contributed by atoms with Crippen LogP contribution in [0.25, 0.3) is 0 Å². The number of hydrogen-bond donors (Lipinski definition) is 0. The summed E-state index contributed by atoms with van der Waals surface area (Å²) < 4.78 is 0. The molecule has 0 heterocycles. The molecule has 109 valence electrons. The van der Waals surface area contributed by atoms with Crippen LogP contribution in [0.2, 0.25) is 0 Å². The fourth-order valence-electron chi connectivity index (χ4n) is 1.92. The Kier molecular flexibility index (Phi) is 12.0. The summed E-state index contributed by atoms with van der Waals surface area (Å²) in [4.78, 5) is 0. The summed E-state index contributed by atoms with van der Waals surface area (Å²) in [5.41, 5.74) is 0. The first-order valence-corrected chi connectivity index (χ1v) is 6.42. The maximum Gasteiger partial charge on any atom is 0 e. The van der Waals surface area contributed by atoms with Gasteiger partial charge < -0.3 is 0 Å². The summed E-state index contributed by atoms with van der Waals surface area (Å²) in [7, 11) is 0. The molecule has 0 aromatic heterocycles. The van der Waals surface area contributed by atoms with E-state index in [1.807, 2.05) is 51.4 Å². The van der Waals surface area contributed by atoms with Gasteiger partial charge in [0.1, 0.15) is 0 Å². The first kappa shape index (κ1) is 20.5. The van der Waals surface area contributed by atoms with Crippen LogP contribution in [-0.2, 0) is 0 Å². The van der Waals surface area contributed by atoms with Crippen LogP contribution < -0.4 is 0 Å². The second kappa shape index (κ2) is 11.1. The van der Waals surface area contributed by atoms with Crippen molar-refractivity contribution in [1.82, 2.24) is 0 Å². The topological polar surface area (TPSA) is 0 Å². The summed E-state index contributed by atoms with van der Waals surface area (Å²) in [6, 6.07) is 0. The third kappa shape index (κ3) is 6.88. The van der Waals surface area contributed by atoms with Crippen LogP contribution in [0.3, 0.4) is 0 Å². The van der Waals surface area contributed by atoms with Crippen molar-refractivity contribution in [2.24, 2.45) is 0 Å². The van der Waals surface area contributed by atoms with Crippen molar-refractivity contribution < 1.29 is 46.9 Å². The average Bonchev–Trinajstić information content (AvgIpc) is 2.48. The molecule has 0 bridgehead atoms. The molecular weight excluding hydrogens is 389 g/mol. The van der Waals surface area contributed by atoms with Gasteiger partial charge in [-0.3, -0.25) is 0 Å². The first-order chi connectivity index (χ1) is 8.55. The van der Waals surface area contributed by atoms with Crippen molar-refractivity contribution in [2.75, 3.05) is 0 Å². The molecule has 19 heavy (non-hydrogen) atoms. The van der Waals surface area contributed by atoms with Crippen LogP contribution in [-0.4, -0.2) is 0 Å². The van der Waals surface area contributed by atoms with Crippen molar-refractivity contribution in [3.8, 4) is 0 Å². The van der Waals surface area contributed by atoms with Gasteiger partial charge in [0.05, 0.1) is 0 Å². The van der Waals surface area contributed by atoms with Gasteiger partial charge in [-0.05, 0) is 81.0 Å². The molecule has 2 rings (SSSR count). The van der Waals surface area contributed by atoms with E-state index in [9.17, 15) is 0 Å². The van der Waals surface area contributed by atoms with E-state index in [0.717, 1.165) is 0 Å². The van der Waals surface area contributed by atoms with E-state index in [4.69, 9.17) is 0 Å². The van der Waals surface area contributed by atoms with Crippen LogP contribution in [0.1, 0.15) is 34.6 Å². The predicted octanol–water partition coefficient (Wildman–Crippen LogP) is 4.61. The van der Waals surface area contributed by atoms with Crippen LogP contribution >= 0.6 is 0 Å². The summed E-state index contributed by atoms with van der Waals surface area (Å²) in [6.07, 6.45) is 16.0. The molecule has 2 aliphatic carbocycles. The molecule has 0 unspecified atom stereocenters. The molecule has 2 fully saturated rings. The minimum absolute atomic E-state index is 0. The molecule has 1 heteroatoms. The normalized spacial score (nSPS) is 25.1. The summed E-state index contributed by atoms with van der Waals surface area (Å²) in [5, 5.41) is 0. The van der Waals surface area contributed by atoms with Crippen molar-refractivity contribution in [2.45, 2.75) is 34.6 Å². The van der Waals surface area contributed by atoms with Gasteiger partial charge in [0, 0.05) is 46.9 Å². The van der Waals surface area contributed by atoms with Gasteiger partial charge in [0.25, 0.3) is 0 Å². The fraction of sp³-hybridized carbons (Fsp3) is 0.278. The first-order valence-electron chi connectivity index (χ1n) is 6.42. The van der Waals surface area contributed by atoms with E-state index in [-0.39, 0.29) is 46.9 Å². The van der Waals surface area contributed by atoms with Gasteiger partial charge in [-0.25, -0.2) is 0 Å². The second-order valence-corrected chi connectivity index (χ2v) is 4.66. The number of hydrogen-bond acceptors (Lipinski definition) is 0. The van der Waals surface area contributed by atoms with E-state index in [2.05, 4.69) is 34.6 Å². The van der Waals surface area contributed by atoms with Crippen molar-refractivity contribution in [1.29, 1.82) is 0 Å². The van der Waals surface area contributed by atoms with Gasteiger partial charge >= 0.3 is 0 Å². The Labute approximate surface area is 161 Å². The van der Waals surface area contributed by atoms with Crippen LogP contribution in [0, 0.1) is 128 Å². The van der Waals surface area contributed by atoms with Gasteiger partial charge in [0.2, 0.25) is 0 Å². The molecule has 0 aromatic carbocycles. The van der Waals surface area contributed by atoms with Crippen LogP contribution in [0.4, 0.5) is 0 Å². The maximum atomic E-state index is 2.20. The Morgan fingerprint density at radius 1 is 0.368 bits per heavy atom. The standard InChI is InChI=1S/C10H15.C8H8.Yb/c1-6-7(2)9(4)10(5)8(6)3;1-2-4-6-8-7-5-3-1;/h1-5H3;1-8H;.